The zero-order chi connectivity index (χ0) is 15.3. The predicted molar refractivity (Wildman–Crippen MR) is 79.3 cm³/mol. The van der Waals surface area contributed by atoms with E-state index in [4.69, 9.17) is 27.9 Å². The zero-order valence-corrected chi connectivity index (χ0v) is 13.2. The van der Waals surface area contributed by atoms with Crippen molar-refractivity contribution >= 4 is 35.1 Å². The second kappa shape index (κ2) is 7.50. The van der Waals surface area contributed by atoms with Crippen molar-refractivity contribution in [1.29, 1.82) is 0 Å². The van der Waals surface area contributed by atoms with Crippen LogP contribution in [0.2, 0.25) is 10.0 Å². The van der Waals surface area contributed by atoms with Crippen molar-refractivity contribution in [2.75, 3.05) is 13.2 Å². The minimum Gasteiger partial charge on any atom is -0.465 e. The predicted octanol–water partition coefficient (Wildman–Crippen LogP) is 3.41. The molecule has 0 aliphatic rings. The van der Waals surface area contributed by atoms with Crippen molar-refractivity contribution in [3.63, 3.8) is 0 Å². The van der Waals surface area contributed by atoms with Crippen molar-refractivity contribution in [3.8, 4) is 0 Å². The molecule has 1 aromatic rings. The molecule has 1 amide bonds. The van der Waals surface area contributed by atoms with E-state index < -0.39 is 5.97 Å². The van der Waals surface area contributed by atoms with Gasteiger partial charge in [0.2, 0.25) is 0 Å². The van der Waals surface area contributed by atoms with E-state index in [1.807, 2.05) is 13.8 Å². The van der Waals surface area contributed by atoms with Gasteiger partial charge in [0.15, 0.2) is 0 Å². The van der Waals surface area contributed by atoms with Crippen LogP contribution in [0.5, 0.6) is 0 Å². The first-order valence-corrected chi connectivity index (χ1v) is 7.03. The molecule has 20 heavy (non-hydrogen) atoms. The third-order valence-electron chi connectivity index (χ3n) is 2.60. The first-order chi connectivity index (χ1) is 9.35. The highest BCUT2D eigenvalue weighted by atomic mass is 35.5. The van der Waals surface area contributed by atoms with E-state index in [1.165, 1.54) is 17.0 Å². The zero-order valence-electron chi connectivity index (χ0n) is 11.7. The van der Waals surface area contributed by atoms with Crippen molar-refractivity contribution in [1.82, 2.24) is 4.90 Å². The van der Waals surface area contributed by atoms with Crippen molar-refractivity contribution in [3.05, 3.63) is 33.8 Å². The third-order valence-corrected chi connectivity index (χ3v) is 3.03. The Morgan fingerprint density at radius 2 is 1.75 bits per heavy atom. The topological polar surface area (TPSA) is 46.6 Å². The van der Waals surface area contributed by atoms with Gasteiger partial charge in [0, 0.05) is 21.7 Å². The van der Waals surface area contributed by atoms with Gasteiger partial charge < -0.3 is 9.64 Å². The number of hydrogen-bond donors (Lipinski definition) is 0. The number of nitrogens with zero attached hydrogens (tertiary/aromatic N) is 1. The number of hydrogen-bond acceptors (Lipinski definition) is 3. The summed E-state index contributed by atoms with van der Waals surface area (Å²) in [5.74, 6) is -0.750. The van der Waals surface area contributed by atoms with Crippen molar-refractivity contribution in [2.24, 2.45) is 0 Å². The number of rotatable bonds is 5. The summed E-state index contributed by atoms with van der Waals surface area (Å²) in [4.78, 5) is 25.4. The molecule has 0 N–H and O–H groups in total. The first-order valence-electron chi connectivity index (χ1n) is 6.27. The molecule has 1 aromatic carbocycles. The molecule has 110 valence electrons. The average Bonchev–Trinajstić information content (AvgIpc) is 2.34. The van der Waals surface area contributed by atoms with Crippen molar-refractivity contribution < 1.29 is 14.3 Å². The standard InChI is InChI=1S/C14H17Cl2NO3/c1-4-20-13(18)8-17(9(2)3)14(19)10-5-11(15)7-12(16)6-10/h5-7,9H,4,8H2,1-3H3. The van der Waals surface area contributed by atoms with Gasteiger partial charge in [-0.3, -0.25) is 9.59 Å². The van der Waals surface area contributed by atoms with Crippen LogP contribution in [0.25, 0.3) is 0 Å². The molecule has 4 nitrogen and oxygen atoms in total. The fourth-order valence-corrected chi connectivity index (χ4v) is 2.20. The highest BCUT2D eigenvalue weighted by Crippen LogP contribution is 2.20. The molecule has 0 heterocycles. The van der Waals surface area contributed by atoms with Crippen molar-refractivity contribution in [2.45, 2.75) is 26.8 Å². The smallest absolute Gasteiger partial charge is 0.325 e. The number of ether oxygens (including phenoxy) is 1. The summed E-state index contributed by atoms with van der Waals surface area (Å²) in [5, 5.41) is 0.751. The molecular formula is C14H17Cl2NO3. The van der Waals surface area contributed by atoms with E-state index >= 15 is 0 Å². The fourth-order valence-electron chi connectivity index (χ4n) is 1.68. The Hall–Kier alpha value is -1.26. The molecule has 0 saturated carbocycles. The number of esters is 1. The molecule has 1 rings (SSSR count). The monoisotopic (exact) mass is 317 g/mol. The van der Waals surface area contributed by atoms with Crippen LogP contribution in [0, 0.1) is 0 Å². The first kappa shape index (κ1) is 16.8. The van der Waals surface area contributed by atoms with Gasteiger partial charge in [0.05, 0.1) is 6.61 Å². The quantitative estimate of drug-likeness (QED) is 0.782. The molecule has 0 bridgehead atoms. The molecule has 0 unspecified atom stereocenters. The molecule has 0 atom stereocenters. The van der Waals surface area contributed by atoms with Crippen LogP contribution >= 0.6 is 23.2 Å². The maximum absolute atomic E-state index is 12.4. The van der Waals surface area contributed by atoms with E-state index in [0.717, 1.165) is 0 Å². The maximum atomic E-state index is 12.4. The molecule has 0 fully saturated rings. The summed E-state index contributed by atoms with van der Waals surface area (Å²) in [6.07, 6.45) is 0. The molecular weight excluding hydrogens is 301 g/mol. The Bertz CT molecular complexity index is 483. The van der Waals surface area contributed by atoms with Gasteiger partial charge >= 0.3 is 5.97 Å². The summed E-state index contributed by atoms with van der Waals surface area (Å²) in [6, 6.07) is 4.45. The Morgan fingerprint density at radius 1 is 1.20 bits per heavy atom. The van der Waals surface area contributed by atoms with E-state index in [1.54, 1.807) is 13.0 Å². The van der Waals surface area contributed by atoms with Crippen LogP contribution in [0.4, 0.5) is 0 Å². The molecule has 0 aliphatic carbocycles. The molecule has 6 heteroatoms. The van der Waals surface area contributed by atoms with Crippen LogP contribution in [-0.2, 0) is 9.53 Å². The van der Waals surface area contributed by atoms with E-state index in [2.05, 4.69) is 0 Å². The Labute approximate surface area is 128 Å². The minimum absolute atomic E-state index is 0.103. The van der Waals surface area contributed by atoms with Gasteiger partial charge in [0.1, 0.15) is 6.54 Å². The maximum Gasteiger partial charge on any atom is 0.325 e. The molecule has 0 saturated heterocycles. The molecule has 0 aliphatic heterocycles. The van der Waals surface area contributed by atoms with Crippen LogP contribution in [0.3, 0.4) is 0 Å². The summed E-state index contributed by atoms with van der Waals surface area (Å²) in [7, 11) is 0. The van der Waals surface area contributed by atoms with E-state index in [0.29, 0.717) is 15.6 Å². The van der Waals surface area contributed by atoms with Crippen LogP contribution in [0.15, 0.2) is 18.2 Å². The lowest BCUT2D eigenvalue weighted by atomic mass is 10.1. The number of carbonyl (C=O) groups is 2. The van der Waals surface area contributed by atoms with Gasteiger partial charge in [0.25, 0.3) is 5.91 Å². The molecule has 0 spiro atoms. The SMILES string of the molecule is CCOC(=O)CN(C(=O)c1cc(Cl)cc(Cl)c1)C(C)C. The van der Waals surface area contributed by atoms with Gasteiger partial charge in [-0.2, -0.15) is 0 Å². The number of halogens is 2. The van der Waals surface area contributed by atoms with Crippen LogP contribution in [0.1, 0.15) is 31.1 Å². The Kier molecular flexibility index (Phi) is 6.30. The minimum atomic E-state index is -0.442. The largest absolute Gasteiger partial charge is 0.465 e. The Morgan fingerprint density at radius 3 is 2.20 bits per heavy atom. The lowest BCUT2D eigenvalue weighted by molar-refractivity contribution is -0.144. The highest BCUT2D eigenvalue weighted by Gasteiger charge is 2.22. The van der Waals surface area contributed by atoms with Crippen LogP contribution < -0.4 is 0 Å². The number of amides is 1. The summed E-state index contributed by atoms with van der Waals surface area (Å²) in [5.41, 5.74) is 0.348. The summed E-state index contributed by atoms with van der Waals surface area (Å²) >= 11 is 11.8. The highest BCUT2D eigenvalue weighted by molar-refractivity contribution is 6.35. The summed E-state index contributed by atoms with van der Waals surface area (Å²) in [6.45, 7) is 5.54. The molecule has 0 radical (unpaired) electrons. The fraction of sp³-hybridized carbons (Fsp3) is 0.429. The normalized spacial score (nSPS) is 10.5. The van der Waals surface area contributed by atoms with Gasteiger partial charge in [-0.05, 0) is 39.0 Å². The van der Waals surface area contributed by atoms with Gasteiger partial charge in [-0.1, -0.05) is 23.2 Å². The second-order valence-corrected chi connectivity index (χ2v) is 5.36. The second-order valence-electron chi connectivity index (χ2n) is 4.49. The van der Waals surface area contributed by atoms with Crippen LogP contribution in [-0.4, -0.2) is 36.0 Å². The van der Waals surface area contributed by atoms with Gasteiger partial charge in [-0.25, -0.2) is 0 Å². The Balaban J connectivity index is 2.96. The number of carbonyl (C=O) groups excluding carboxylic acids is 2. The summed E-state index contributed by atoms with van der Waals surface area (Å²) < 4.78 is 4.87. The van der Waals surface area contributed by atoms with E-state index in [-0.39, 0.29) is 25.1 Å². The lowest BCUT2D eigenvalue weighted by Crippen LogP contribution is -2.41. The third kappa shape index (κ3) is 4.69. The van der Waals surface area contributed by atoms with E-state index in [9.17, 15) is 9.59 Å². The lowest BCUT2D eigenvalue weighted by Gasteiger charge is -2.25. The average molecular weight is 318 g/mol. The number of benzene rings is 1. The molecule has 0 aromatic heterocycles. The van der Waals surface area contributed by atoms with Gasteiger partial charge in [-0.15, -0.1) is 0 Å².